The van der Waals surface area contributed by atoms with E-state index in [1.807, 2.05) is 6.92 Å². The maximum absolute atomic E-state index is 13.7. The Kier molecular flexibility index (Phi) is 5.70. The van der Waals surface area contributed by atoms with E-state index in [1.54, 1.807) is 0 Å². The molecule has 2 amide bonds. The summed E-state index contributed by atoms with van der Waals surface area (Å²) in [6, 6.07) is -0.0413. The van der Waals surface area contributed by atoms with Gasteiger partial charge in [0.05, 0.1) is 12.1 Å². The minimum atomic E-state index is -1.02. The lowest BCUT2D eigenvalue weighted by atomic mass is 10.2. The number of thioether (sulfide) groups is 1. The number of nitrogens with one attached hydrogen (secondary N) is 1. The van der Waals surface area contributed by atoms with Crippen LogP contribution in [0.3, 0.4) is 0 Å². The summed E-state index contributed by atoms with van der Waals surface area (Å²) in [6.45, 7) is 2.55. The van der Waals surface area contributed by atoms with Crippen molar-refractivity contribution in [3.8, 4) is 0 Å². The summed E-state index contributed by atoms with van der Waals surface area (Å²) >= 11 is 1.41. The molecule has 1 aromatic heterocycles. The summed E-state index contributed by atoms with van der Waals surface area (Å²) in [6.07, 6.45) is 2.59. The molecule has 1 aromatic rings. The van der Waals surface area contributed by atoms with Crippen molar-refractivity contribution in [2.45, 2.75) is 25.8 Å². The van der Waals surface area contributed by atoms with Crippen LogP contribution < -0.4 is 5.32 Å². The lowest BCUT2D eigenvalue weighted by molar-refractivity contribution is -0.124. The molecule has 120 valence electrons. The maximum Gasteiger partial charge on any atom is 0.276 e. The van der Waals surface area contributed by atoms with Gasteiger partial charge in [-0.05, 0) is 6.42 Å². The first kappa shape index (κ1) is 16.7. The average molecular weight is 329 g/mol. The lowest BCUT2D eigenvalue weighted by Gasteiger charge is -2.22. The number of hydrogen-bond donors (Lipinski definition) is 1. The molecule has 8 heteroatoms. The average Bonchev–Trinajstić information content (AvgIpc) is 2.96. The predicted octanol–water partition coefficient (Wildman–Crippen LogP) is 1.79. The second kappa shape index (κ2) is 7.53. The highest BCUT2D eigenvalue weighted by atomic mass is 32.2. The standard InChI is InChI=1S/C14H17F2N3O2S/c1-2-3-4-17-13(20)11-7-22-8-19(11)14(21)12-10(16)5-9(15)6-18-12/h5-6,11H,2-4,7-8H2,1H3,(H,17,20)/t11-/m0/s1. The molecule has 0 saturated carbocycles. The summed E-state index contributed by atoms with van der Waals surface area (Å²) in [4.78, 5) is 29.2. The van der Waals surface area contributed by atoms with Crippen molar-refractivity contribution >= 4 is 23.6 Å². The topological polar surface area (TPSA) is 62.3 Å². The molecule has 22 heavy (non-hydrogen) atoms. The van der Waals surface area contributed by atoms with Crippen molar-refractivity contribution < 1.29 is 18.4 Å². The van der Waals surface area contributed by atoms with Gasteiger partial charge in [0.25, 0.3) is 5.91 Å². The van der Waals surface area contributed by atoms with Gasteiger partial charge in [-0.25, -0.2) is 13.8 Å². The Bertz CT molecular complexity index is 571. The Morgan fingerprint density at radius 3 is 2.95 bits per heavy atom. The number of amides is 2. The number of aromatic nitrogens is 1. The van der Waals surface area contributed by atoms with Crippen LogP contribution in [0.25, 0.3) is 0 Å². The molecule has 1 fully saturated rings. The van der Waals surface area contributed by atoms with Crippen LogP contribution in [0.15, 0.2) is 12.3 Å². The number of rotatable bonds is 5. The van der Waals surface area contributed by atoms with Gasteiger partial charge >= 0.3 is 0 Å². The van der Waals surface area contributed by atoms with Gasteiger partial charge in [0.1, 0.15) is 11.9 Å². The zero-order valence-electron chi connectivity index (χ0n) is 12.1. The van der Waals surface area contributed by atoms with Crippen LogP contribution in [0.4, 0.5) is 8.78 Å². The van der Waals surface area contributed by atoms with E-state index in [4.69, 9.17) is 0 Å². The fourth-order valence-electron chi connectivity index (χ4n) is 2.07. The van der Waals surface area contributed by atoms with E-state index in [-0.39, 0.29) is 11.8 Å². The van der Waals surface area contributed by atoms with Crippen LogP contribution in [0.5, 0.6) is 0 Å². The summed E-state index contributed by atoms with van der Waals surface area (Å²) < 4.78 is 26.5. The van der Waals surface area contributed by atoms with Crippen LogP contribution in [-0.4, -0.2) is 45.9 Å². The number of hydrogen-bond acceptors (Lipinski definition) is 4. The SMILES string of the molecule is CCCCNC(=O)[C@@H]1CSCN1C(=O)c1ncc(F)cc1F. The summed E-state index contributed by atoms with van der Waals surface area (Å²) in [5.74, 6) is -2.09. The molecule has 2 heterocycles. The van der Waals surface area contributed by atoms with Crippen molar-refractivity contribution in [2.75, 3.05) is 18.2 Å². The Hall–Kier alpha value is -1.70. The predicted molar refractivity (Wildman–Crippen MR) is 79.4 cm³/mol. The van der Waals surface area contributed by atoms with Gasteiger partial charge in [-0.15, -0.1) is 11.8 Å². The molecule has 5 nitrogen and oxygen atoms in total. The van der Waals surface area contributed by atoms with Crippen molar-refractivity contribution in [3.63, 3.8) is 0 Å². The molecule has 0 aliphatic carbocycles. The molecular formula is C14H17F2N3O2S. The molecule has 1 N–H and O–H groups in total. The third kappa shape index (κ3) is 3.73. The van der Waals surface area contributed by atoms with E-state index in [0.717, 1.165) is 19.0 Å². The van der Waals surface area contributed by atoms with Gasteiger partial charge in [0.15, 0.2) is 11.5 Å². The Morgan fingerprint density at radius 2 is 2.27 bits per heavy atom. The first-order valence-corrected chi connectivity index (χ1v) is 8.17. The molecule has 1 atom stereocenters. The van der Waals surface area contributed by atoms with Crippen LogP contribution in [0.2, 0.25) is 0 Å². The van der Waals surface area contributed by atoms with Crippen molar-refractivity contribution in [1.29, 1.82) is 0 Å². The second-order valence-corrected chi connectivity index (χ2v) is 5.92. The van der Waals surface area contributed by atoms with E-state index in [9.17, 15) is 18.4 Å². The number of unbranched alkanes of at least 4 members (excludes halogenated alkanes) is 1. The fourth-order valence-corrected chi connectivity index (χ4v) is 3.23. The van der Waals surface area contributed by atoms with Crippen LogP contribution >= 0.6 is 11.8 Å². The van der Waals surface area contributed by atoms with E-state index in [0.29, 0.717) is 18.4 Å². The van der Waals surface area contributed by atoms with Crippen molar-refractivity contribution in [1.82, 2.24) is 15.2 Å². The number of carbonyl (C=O) groups is 2. The van der Waals surface area contributed by atoms with Crippen molar-refractivity contribution in [2.24, 2.45) is 0 Å². The normalized spacial score (nSPS) is 17.6. The number of nitrogens with zero attached hydrogens (tertiary/aromatic N) is 2. The number of carbonyl (C=O) groups excluding carboxylic acids is 2. The molecule has 0 spiro atoms. The summed E-state index contributed by atoms with van der Waals surface area (Å²) in [5, 5.41) is 2.77. The van der Waals surface area contributed by atoms with Gasteiger partial charge in [0.2, 0.25) is 5.91 Å². The smallest absolute Gasteiger partial charge is 0.276 e. The van der Waals surface area contributed by atoms with Crippen LogP contribution in [-0.2, 0) is 4.79 Å². The zero-order valence-corrected chi connectivity index (χ0v) is 13.0. The molecular weight excluding hydrogens is 312 g/mol. The molecule has 0 aromatic carbocycles. The number of pyridine rings is 1. The van der Waals surface area contributed by atoms with E-state index >= 15 is 0 Å². The van der Waals surface area contributed by atoms with Gasteiger partial charge < -0.3 is 10.2 Å². The van der Waals surface area contributed by atoms with Gasteiger partial charge in [0, 0.05) is 18.4 Å². The molecule has 0 unspecified atom stereocenters. The quantitative estimate of drug-likeness (QED) is 0.837. The van der Waals surface area contributed by atoms with E-state index < -0.39 is 29.3 Å². The minimum Gasteiger partial charge on any atom is -0.354 e. The highest BCUT2D eigenvalue weighted by Gasteiger charge is 2.36. The Morgan fingerprint density at radius 1 is 1.50 bits per heavy atom. The second-order valence-electron chi connectivity index (χ2n) is 4.92. The van der Waals surface area contributed by atoms with E-state index in [1.165, 1.54) is 16.7 Å². The zero-order chi connectivity index (χ0) is 16.1. The molecule has 1 saturated heterocycles. The Balaban J connectivity index is 2.09. The van der Waals surface area contributed by atoms with Gasteiger partial charge in [-0.3, -0.25) is 9.59 Å². The van der Waals surface area contributed by atoms with E-state index in [2.05, 4.69) is 10.3 Å². The Labute approximate surface area is 131 Å². The molecule has 0 radical (unpaired) electrons. The van der Waals surface area contributed by atoms with Crippen molar-refractivity contribution in [3.05, 3.63) is 29.6 Å². The highest BCUT2D eigenvalue weighted by molar-refractivity contribution is 7.99. The molecule has 1 aliphatic rings. The third-order valence-electron chi connectivity index (χ3n) is 3.29. The largest absolute Gasteiger partial charge is 0.354 e. The fraction of sp³-hybridized carbons (Fsp3) is 0.500. The minimum absolute atomic E-state index is 0.255. The first-order valence-electron chi connectivity index (χ1n) is 7.02. The molecule has 1 aliphatic heterocycles. The monoisotopic (exact) mass is 329 g/mol. The third-order valence-corrected chi connectivity index (χ3v) is 4.30. The maximum atomic E-state index is 13.7. The molecule has 2 rings (SSSR count). The summed E-state index contributed by atoms with van der Waals surface area (Å²) in [5.41, 5.74) is -0.463. The van der Waals surface area contributed by atoms with Gasteiger partial charge in [-0.1, -0.05) is 13.3 Å². The first-order chi connectivity index (χ1) is 10.5. The lowest BCUT2D eigenvalue weighted by Crippen LogP contribution is -2.47. The van der Waals surface area contributed by atoms with Gasteiger partial charge in [-0.2, -0.15) is 0 Å². The molecule has 0 bridgehead atoms. The van der Waals surface area contributed by atoms with Crippen LogP contribution in [0.1, 0.15) is 30.3 Å². The highest BCUT2D eigenvalue weighted by Crippen LogP contribution is 2.23. The number of halogens is 2. The van der Waals surface area contributed by atoms with Crippen LogP contribution in [0, 0.1) is 11.6 Å². The summed E-state index contributed by atoms with van der Waals surface area (Å²) in [7, 11) is 0.